The van der Waals surface area contributed by atoms with E-state index >= 15 is 0 Å². The number of rotatable bonds is 22. The van der Waals surface area contributed by atoms with Crippen molar-refractivity contribution in [2.24, 2.45) is 23.3 Å². The van der Waals surface area contributed by atoms with Crippen LogP contribution in [0.4, 0.5) is 0 Å². The van der Waals surface area contributed by atoms with Crippen molar-refractivity contribution in [1.29, 1.82) is 0 Å². The summed E-state index contributed by atoms with van der Waals surface area (Å²) >= 11 is 0. The second-order valence-corrected chi connectivity index (χ2v) is 15.0. The Bertz CT molecular complexity index is 1700. The first-order valence-electron chi connectivity index (χ1n) is 19.9. The second-order valence-electron chi connectivity index (χ2n) is 15.0. The number of hydrogen-bond acceptors (Lipinski definition) is 11. The van der Waals surface area contributed by atoms with Crippen LogP contribution >= 0.6 is 0 Å². The number of nitrogens with one attached hydrogen (secondary N) is 1. The molecule has 13 nitrogen and oxygen atoms in total. The van der Waals surface area contributed by atoms with Gasteiger partial charge >= 0.3 is 5.97 Å². The molecule has 1 saturated heterocycles. The number of nitrogens with zero attached hydrogens (tertiary/aromatic N) is 1. The number of benzene rings is 3. The van der Waals surface area contributed by atoms with Gasteiger partial charge in [-0.05, 0) is 53.6 Å². The standard InChI is InChI=1S/C44H62N4O9/c1-29(2)41(45)43(50)48-26-38(56-25-24-55-37-15-10-7-12-32(37)20-21-47-31(5)49)40(39(27-48)57-44(51)42(46)30(3)4)33-16-18-35(19-17-33)54-23-11-22-53-28-34-13-8-9-14-36(34)52-6/h7-10,12-19,29-30,38-42H,11,20-28,45-46H2,1-6H3,(H,47,49)/t38-,39+,40?,41?,42-/m0/s1. The van der Waals surface area contributed by atoms with Gasteiger partial charge in [-0.3, -0.25) is 14.4 Å². The molecule has 1 fully saturated rings. The lowest BCUT2D eigenvalue weighted by Crippen LogP contribution is -2.59. The largest absolute Gasteiger partial charge is 0.496 e. The summed E-state index contributed by atoms with van der Waals surface area (Å²) in [4.78, 5) is 40.1. The van der Waals surface area contributed by atoms with E-state index in [2.05, 4.69) is 5.32 Å². The zero-order valence-corrected chi connectivity index (χ0v) is 34.3. The van der Waals surface area contributed by atoms with E-state index in [1.807, 2.05) is 100 Å². The number of methoxy groups -OCH3 is 1. The molecule has 2 amide bonds. The average molecular weight is 791 g/mol. The molecule has 13 heteroatoms. The maximum atomic E-state index is 13.7. The third kappa shape index (κ3) is 13.7. The molecule has 312 valence electrons. The van der Waals surface area contributed by atoms with Crippen LogP contribution in [-0.2, 0) is 41.6 Å². The van der Waals surface area contributed by atoms with Crippen molar-refractivity contribution in [1.82, 2.24) is 10.2 Å². The van der Waals surface area contributed by atoms with E-state index in [1.165, 1.54) is 6.92 Å². The number of ether oxygens (including phenoxy) is 6. The lowest BCUT2D eigenvalue weighted by molar-refractivity contribution is -0.166. The number of nitrogens with two attached hydrogens (primary N) is 2. The Kier molecular flexibility index (Phi) is 18.1. The van der Waals surface area contributed by atoms with Crippen LogP contribution in [0.25, 0.3) is 0 Å². The van der Waals surface area contributed by atoms with Crippen LogP contribution in [0, 0.1) is 11.8 Å². The van der Waals surface area contributed by atoms with Crippen molar-refractivity contribution >= 4 is 17.8 Å². The summed E-state index contributed by atoms with van der Waals surface area (Å²) in [5, 5.41) is 2.82. The van der Waals surface area contributed by atoms with Gasteiger partial charge in [-0.1, -0.05) is 76.2 Å². The summed E-state index contributed by atoms with van der Waals surface area (Å²) in [5.74, 6) is 0.579. The topological polar surface area (TPSA) is 174 Å². The fourth-order valence-corrected chi connectivity index (χ4v) is 6.56. The van der Waals surface area contributed by atoms with Gasteiger partial charge in [0.15, 0.2) is 0 Å². The fraction of sp³-hybridized carbons (Fsp3) is 0.523. The predicted octanol–water partition coefficient (Wildman–Crippen LogP) is 4.63. The molecule has 0 spiro atoms. The minimum Gasteiger partial charge on any atom is -0.496 e. The van der Waals surface area contributed by atoms with E-state index in [-0.39, 0.29) is 50.0 Å². The molecule has 0 aromatic heterocycles. The lowest BCUT2D eigenvalue weighted by atomic mass is 9.83. The first-order chi connectivity index (χ1) is 27.4. The smallest absolute Gasteiger partial charge is 0.323 e. The van der Waals surface area contributed by atoms with E-state index in [4.69, 9.17) is 39.9 Å². The van der Waals surface area contributed by atoms with Gasteiger partial charge in [0, 0.05) is 32.0 Å². The number of para-hydroxylation sites is 2. The Morgan fingerprint density at radius 1 is 0.772 bits per heavy atom. The van der Waals surface area contributed by atoms with Crippen LogP contribution in [0.2, 0.25) is 0 Å². The molecule has 0 saturated carbocycles. The Morgan fingerprint density at radius 3 is 2.09 bits per heavy atom. The highest BCUT2D eigenvalue weighted by atomic mass is 16.6. The minimum atomic E-state index is -0.845. The van der Waals surface area contributed by atoms with E-state index in [0.29, 0.717) is 50.7 Å². The zero-order chi connectivity index (χ0) is 41.3. The number of carbonyl (C=O) groups is 3. The summed E-state index contributed by atoms with van der Waals surface area (Å²) in [5.41, 5.74) is 15.4. The Morgan fingerprint density at radius 2 is 1.42 bits per heavy atom. The molecule has 5 atom stereocenters. The molecule has 1 heterocycles. The van der Waals surface area contributed by atoms with Crippen molar-refractivity contribution in [3.8, 4) is 17.2 Å². The molecule has 2 unspecified atom stereocenters. The van der Waals surface area contributed by atoms with Gasteiger partial charge in [-0.25, -0.2) is 0 Å². The lowest BCUT2D eigenvalue weighted by Gasteiger charge is -2.44. The van der Waals surface area contributed by atoms with Gasteiger partial charge in [0.2, 0.25) is 11.8 Å². The fourth-order valence-electron chi connectivity index (χ4n) is 6.56. The zero-order valence-electron chi connectivity index (χ0n) is 34.3. The number of piperidine rings is 1. The molecule has 3 aromatic carbocycles. The Balaban J connectivity index is 1.48. The second kappa shape index (κ2) is 22.9. The highest BCUT2D eigenvalue weighted by Crippen LogP contribution is 2.35. The first-order valence-corrected chi connectivity index (χ1v) is 19.9. The third-order valence-electron chi connectivity index (χ3n) is 10.0. The molecule has 1 aliphatic heterocycles. The maximum Gasteiger partial charge on any atom is 0.323 e. The third-order valence-corrected chi connectivity index (χ3v) is 10.0. The van der Waals surface area contributed by atoms with Crippen molar-refractivity contribution in [3.05, 3.63) is 89.5 Å². The number of amides is 2. The van der Waals surface area contributed by atoms with Crippen LogP contribution in [0.3, 0.4) is 0 Å². The van der Waals surface area contributed by atoms with Crippen molar-refractivity contribution in [3.63, 3.8) is 0 Å². The predicted molar refractivity (Wildman–Crippen MR) is 218 cm³/mol. The molecule has 1 aliphatic rings. The SMILES string of the molecule is COc1ccccc1COCCCOc1ccc(C2[C@@H](OCCOc3ccccc3CCNC(C)=O)CN(C(=O)C(N)C(C)C)C[C@H]2OC(=O)[C@@H](N)C(C)C)cc1. The van der Waals surface area contributed by atoms with E-state index < -0.39 is 36.2 Å². The molecule has 0 radical (unpaired) electrons. The molecular formula is C44H62N4O9. The quantitative estimate of drug-likeness (QED) is 0.0957. The Labute approximate surface area is 337 Å². The summed E-state index contributed by atoms with van der Waals surface area (Å²) in [7, 11) is 1.64. The van der Waals surface area contributed by atoms with Gasteiger partial charge in [-0.2, -0.15) is 0 Å². The molecule has 3 aromatic rings. The molecule has 4 rings (SSSR count). The van der Waals surface area contributed by atoms with Crippen molar-refractivity contribution < 1.29 is 42.8 Å². The summed E-state index contributed by atoms with van der Waals surface area (Å²) in [6, 6.07) is 21.5. The molecule has 0 bridgehead atoms. The average Bonchev–Trinajstić information content (AvgIpc) is 3.20. The molecule has 5 N–H and O–H groups in total. The van der Waals surface area contributed by atoms with Gasteiger partial charge in [0.25, 0.3) is 0 Å². The number of hydrogen-bond donors (Lipinski definition) is 3. The monoisotopic (exact) mass is 790 g/mol. The molecular weight excluding hydrogens is 729 g/mol. The highest BCUT2D eigenvalue weighted by Gasteiger charge is 2.44. The summed E-state index contributed by atoms with van der Waals surface area (Å²) in [6.07, 6.45) is -0.0570. The van der Waals surface area contributed by atoms with Gasteiger partial charge in [-0.15, -0.1) is 0 Å². The van der Waals surface area contributed by atoms with E-state index in [1.54, 1.807) is 12.0 Å². The van der Waals surface area contributed by atoms with Gasteiger partial charge in [0.05, 0.1) is 58.1 Å². The van der Waals surface area contributed by atoms with Crippen LogP contribution in [0.1, 0.15) is 63.6 Å². The normalized spacial score (nSPS) is 17.9. The Hall–Kier alpha value is -4.69. The number of esters is 1. The molecule has 0 aliphatic carbocycles. The number of carbonyl (C=O) groups excluding carboxylic acids is 3. The number of likely N-dealkylation sites (tertiary alicyclic amines) is 1. The van der Waals surface area contributed by atoms with E-state index in [0.717, 1.165) is 22.4 Å². The maximum absolute atomic E-state index is 13.7. The van der Waals surface area contributed by atoms with Crippen molar-refractivity contribution in [2.75, 3.05) is 53.2 Å². The first kappa shape index (κ1) is 45.0. The van der Waals surface area contributed by atoms with E-state index in [9.17, 15) is 14.4 Å². The van der Waals surface area contributed by atoms with Crippen LogP contribution in [-0.4, -0.2) is 100 Å². The van der Waals surface area contributed by atoms with Crippen LogP contribution < -0.4 is 31.0 Å². The minimum absolute atomic E-state index is 0.0924. The van der Waals surface area contributed by atoms with Crippen molar-refractivity contribution in [2.45, 2.75) is 84.3 Å². The van der Waals surface area contributed by atoms with Crippen LogP contribution in [0.5, 0.6) is 17.2 Å². The van der Waals surface area contributed by atoms with Crippen LogP contribution in [0.15, 0.2) is 72.8 Å². The summed E-state index contributed by atoms with van der Waals surface area (Å²) in [6.45, 7) is 11.7. The highest BCUT2D eigenvalue weighted by molar-refractivity contribution is 5.82. The summed E-state index contributed by atoms with van der Waals surface area (Å²) < 4.78 is 36.2. The van der Waals surface area contributed by atoms with Gasteiger partial charge < -0.3 is 50.1 Å². The van der Waals surface area contributed by atoms with Gasteiger partial charge in [0.1, 0.15) is 36.0 Å². The molecule has 57 heavy (non-hydrogen) atoms.